The van der Waals surface area contributed by atoms with Gasteiger partial charge in [0.25, 0.3) is 0 Å². The normalized spacial score (nSPS) is 10.5. The second-order valence-electron chi connectivity index (χ2n) is 4.42. The molecule has 116 valence electrons. The van der Waals surface area contributed by atoms with Gasteiger partial charge >= 0.3 is 10.8 Å². The van der Waals surface area contributed by atoms with Crippen LogP contribution in [0.4, 0.5) is 10.1 Å². The maximum atomic E-state index is 13.5. The monoisotopic (exact) mass is 324 g/mol. The topological polar surface area (TPSA) is 88.4 Å². The molecular formula is C14H13FN2O4S. The van der Waals surface area contributed by atoms with E-state index in [1.54, 1.807) is 13.0 Å². The first kappa shape index (κ1) is 15.9. The first-order valence-corrected chi connectivity index (χ1v) is 7.25. The predicted molar refractivity (Wildman–Crippen MR) is 79.9 cm³/mol. The van der Waals surface area contributed by atoms with Gasteiger partial charge in [-0.1, -0.05) is 30.4 Å². The molecule has 1 aromatic heterocycles. The largest absolute Gasteiger partial charge is 0.477 e. The molecule has 0 fully saturated rings. The summed E-state index contributed by atoms with van der Waals surface area (Å²) in [6, 6.07) is 5.65. The zero-order valence-corrected chi connectivity index (χ0v) is 12.4. The number of hydrogen-bond acceptors (Lipinski definition) is 4. The number of para-hydroxylation sites is 1. The molecule has 6 nitrogen and oxygen atoms in total. The molecule has 1 amide bonds. The summed E-state index contributed by atoms with van der Waals surface area (Å²) in [5, 5.41) is 11.4. The third-order valence-corrected chi connectivity index (χ3v) is 3.99. The van der Waals surface area contributed by atoms with Crippen LogP contribution in [0.5, 0.6) is 0 Å². The van der Waals surface area contributed by atoms with Crippen LogP contribution in [0, 0.1) is 5.82 Å². The Morgan fingerprint density at radius 1 is 1.36 bits per heavy atom. The molecule has 0 aliphatic carbocycles. The second kappa shape index (κ2) is 6.52. The van der Waals surface area contributed by atoms with E-state index in [0.717, 1.165) is 4.57 Å². The highest BCUT2D eigenvalue weighted by atomic mass is 32.1. The number of halogens is 1. The molecule has 0 spiro atoms. The number of carbonyl (C=O) groups is 2. The summed E-state index contributed by atoms with van der Waals surface area (Å²) in [6.07, 6.45) is 0.299. The number of nitrogens with one attached hydrogen (secondary N) is 1. The highest BCUT2D eigenvalue weighted by molar-refractivity contribution is 7.11. The van der Waals surface area contributed by atoms with Crippen molar-refractivity contribution in [2.75, 3.05) is 5.32 Å². The number of thiazole rings is 1. The number of hydrogen-bond donors (Lipinski definition) is 2. The first-order chi connectivity index (χ1) is 10.4. The molecule has 0 unspecified atom stereocenters. The SMILES string of the molecule is CCc1c(C(=O)O)sc(=O)n1CC(=O)Nc1ccccc1F. The lowest BCUT2D eigenvalue weighted by atomic mass is 10.2. The Morgan fingerprint density at radius 2 is 2.05 bits per heavy atom. The molecule has 2 rings (SSSR count). The number of aromatic carboxylic acids is 1. The predicted octanol–water partition coefficient (Wildman–Crippen LogP) is 1.95. The third-order valence-electron chi connectivity index (χ3n) is 2.98. The average Bonchev–Trinajstić information content (AvgIpc) is 2.78. The Bertz CT molecular complexity index is 781. The van der Waals surface area contributed by atoms with E-state index in [9.17, 15) is 18.8 Å². The number of rotatable bonds is 5. The highest BCUT2D eigenvalue weighted by Gasteiger charge is 2.20. The minimum Gasteiger partial charge on any atom is -0.477 e. The molecule has 0 radical (unpaired) electrons. The first-order valence-electron chi connectivity index (χ1n) is 6.44. The van der Waals surface area contributed by atoms with Crippen molar-refractivity contribution < 1.29 is 19.1 Å². The Labute approximate surface area is 128 Å². The summed E-state index contributed by atoms with van der Waals surface area (Å²) in [4.78, 5) is 34.3. The summed E-state index contributed by atoms with van der Waals surface area (Å²) in [7, 11) is 0. The van der Waals surface area contributed by atoms with Crippen molar-refractivity contribution in [3.05, 3.63) is 50.3 Å². The number of carbonyl (C=O) groups excluding carboxylic acids is 1. The fraction of sp³-hybridized carbons (Fsp3) is 0.214. The maximum absolute atomic E-state index is 13.5. The molecule has 0 atom stereocenters. The summed E-state index contributed by atoms with van der Waals surface area (Å²) in [6.45, 7) is 1.33. The molecule has 22 heavy (non-hydrogen) atoms. The lowest BCUT2D eigenvalue weighted by Gasteiger charge is -2.08. The number of amides is 1. The van der Waals surface area contributed by atoms with Gasteiger partial charge in [0.1, 0.15) is 17.2 Å². The molecule has 1 aromatic carbocycles. The van der Waals surface area contributed by atoms with Gasteiger partial charge in [0.15, 0.2) is 0 Å². The summed E-state index contributed by atoms with van der Waals surface area (Å²) < 4.78 is 14.6. The summed E-state index contributed by atoms with van der Waals surface area (Å²) in [5.74, 6) is -2.39. The zero-order chi connectivity index (χ0) is 16.3. The Balaban J connectivity index is 2.24. The van der Waals surface area contributed by atoms with Crippen LogP contribution in [-0.2, 0) is 17.8 Å². The van der Waals surface area contributed by atoms with E-state index in [1.165, 1.54) is 18.2 Å². The molecular weight excluding hydrogens is 311 g/mol. The number of carboxylic acids is 1. The summed E-state index contributed by atoms with van der Waals surface area (Å²) in [5.41, 5.74) is 0.290. The maximum Gasteiger partial charge on any atom is 0.347 e. The molecule has 2 aromatic rings. The fourth-order valence-electron chi connectivity index (χ4n) is 2.01. The third kappa shape index (κ3) is 3.22. The molecule has 0 aliphatic heterocycles. The van der Waals surface area contributed by atoms with E-state index < -0.39 is 22.6 Å². The number of nitrogens with zero attached hydrogens (tertiary/aromatic N) is 1. The second-order valence-corrected chi connectivity index (χ2v) is 5.38. The number of carboxylic acid groups (broad SMARTS) is 1. The number of anilines is 1. The van der Waals surface area contributed by atoms with E-state index >= 15 is 0 Å². The number of benzene rings is 1. The van der Waals surface area contributed by atoms with Gasteiger partial charge in [-0.25, -0.2) is 9.18 Å². The van der Waals surface area contributed by atoms with Crippen LogP contribution in [0.1, 0.15) is 22.3 Å². The molecule has 2 N–H and O–H groups in total. The Hall–Kier alpha value is -2.48. The van der Waals surface area contributed by atoms with Crippen LogP contribution in [0.15, 0.2) is 29.1 Å². The summed E-state index contributed by atoms with van der Waals surface area (Å²) >= 11 is 0.579. The number of aromatic nitrogens is 1. The van der Waals surface area contributed by atoms with E-state index in [0.29, 0.717) is 17.8 Å². The molecule has 0 saturated heterocycles. The Kier molecular flexibility index (Phi) is 4.71. The van der Waals surface area contributed by atoms with Gasteiger partial charge in [-0.3, -0.25) is 14.2 Å². The minimum absolute atomic E-state index is 0.00675. The van der Waals surface area contributed by atoms with Crippen LogP contribution in [0.3, 0.4) is 0 Å². The van der Waals surface area contributed by atoms with Crippen molar-refractivity contribution in [2.24, 2.45) is 0 Å². The van der Waals surface area contributed by atoms with E-state index in [1.807, 2.05) is 0 Å². The van der Waals surface area contributed by atoms with Crippen molar-refractivity contribution in [3.63, 3.8) is 0 Å². The standard InChI is InChI=1S/C14H13FN2O4S/c1-2-10-12(13(19)20)22-14(21)17(10)7-11(18)16-9-6-4-3-5-8(9)15/h3-6H,2,7H2,1H3,(H,16,18)(H,19,20). The van der Waals surface area contributed by atoms with Gasteiger partial charge in [0, 0.05) is 5.69 Å². The molecule has 1 heterocycles. The van der Waals surface area contributed by atoms with Crippen molar-refractivity contribution in [1.29, 1.82) is 0 Å². The van der Waals surface area contributed by atoms with Crippen molar-refractivity contribution in [1.82, 2.24) is 4.57 Å². The van der Waals surface area contributed by atoms with Crippen molar-refractivity contribution in [2.45, 2.75) is 19.9 Å². The van der Waals surface area contributed by atoms with Gasteiger partial charge in [-0.05, 0) is 18.6 Å². The zero-order valence-electron chi connectivity index (χ0n) is 11.6. The molecule has 0 aliphatic rings. The van der Waals surface area contributed by atoms with Crippen LogP contribution in [0.25, 0.3) is 0 Å². The van der Waals surface area contributed by atoms with Crippen LogP contribution < -0.4 is 10.2 Å². The van der Waals surface area contributed by atoms with Crippen LogP contribution >= 0.6 is 11.3 Å². The molecule has 8 heteroatoms. The quantitative estimate of drug-likeness (QED) is 0.880. The Morgan fingerprint density at radius 3 is 2.64 bits per heavy atom. The van der Waals surface area contributed by atoms with Crippen molar-refractivity contribution >= 4 is 28.9 Å². The van der Waals surface area contributed by atoms with Gasteiger partial charge in [0.05, 0.1) is 5.69 Å². The minimum atomic E-state index is -1.20. The smallest absolute Gasteiger partial charge is 0.347 e. The van der Waals surface area contributed by atoms with E-state index in [-0.39, 0.29) is 22.8 Å². The highest BCUT2D eigenvalue weighted by Crippen LogP contribution is 2.15. The molecule has 0 bridgehead atoms. The van der Waals surface area contributed by atoms with Gasteiger partial charge in [0.2, 0.25) is 5.91 Å². The van der Waals surface area contributed by atoms with Gasteiger partial charge in [-0.15, -0.1) is 0 Å². The van der Waals surface area contributed by atoms with E-state index in [4.69, 9.17) is 5.11 Å². The van der Waals surface area contributed by atoms with Gasteiger partial charge in [-0.2, -0.15) is 0 Å². The lowest BCUT2D eigenvalue weighted by Crippen LogP contribution is -2.26. The lowest BCUT2D eigenvalue weighted by molar-refractivity contribution is -0.116. The fourth-order valence-corrected chi connectivity index (χ4v) is 2.93. The molecule has 0 saturated carbocycles. The van der Waals surface area contributed by atoms with Gasteiger partial charge < -0.3 is 10.4 Å². The van der Waals surface area contributed by atoms with Crippen molar-refractivity contribution in [3.8, 4) is 0 Å². The van der Waals surface area contributed by atoms with Crippen LogP contribution in [0.2, 0.25) is 0 Å². The average molecular weight is 324 g/mol. The van der Waals surface area contributed by atoms with E-state index in [2.05, 4.69) is 5.32 Å². The van der Waals surface area contributed by atoms with Crippen LogP contribution in [-0.4, -0.2) is 21.6 Å².